The number of hydrogen-bond acceptors (Lipinski definition) is 2. The SMILES string of the molecule is CC(C)N(Cc1ccccc1-c1ccc(F)cc1)[C@H]1CCNC1. The molecule has 2 aromatic carbocycles. The molecule has 3 heteroatoms. The van der Waals surface area contributed by atoms with Crippen LogP contribution < -0.4 is 5.32 Å². The van der Waals surface area contributed by atoms with Crippen LogP contribution in [0.1, 0.15) is 25.8 Å². The highest BCUT2D eigenvalue weighted by molar-refractivity contribution is 5.67. The molecular formula is C20H25FN2. The molecule has 1 N–H and O–H groups in total. The van der Waals surface area contributed by atoms with Crippen molar-refractivity contribution in [2.75, 3.05) is 13.1 Å². The Balaban J connectivity index is 1.88. The van der Waals surface area contributed by atoms with Gasteiger partial charge in [-0.2, -0.15) is 0 Å². The monoisotopic (exact) mass is 312 g/mol. The lowest BCUT2D eigenvalue weighted by atomic mass is 9.98. The van der Waals surface area contributed by atoms with Crippen LogP contribution in [0.3, 0.4) is 0 Å². The molecule has 0 amide bonds. The van der Waals surface area contributed by atoms with E-state index >= 15 is 0 Å². The van der Waals surface area contributed by atoms with E-state index in [1.165, 1.54) is 29.7 Å². The third kappa shape index (κ3) is 3.80. The molecule has 1 atom stereocenters. The van der Waals surface area contributed by atoms with Crippen molar-refractivity contribution < 1.29 is 4.39 Å². The first kappa shape index (κ1) is 16.2. The molecule has 1 aliphatic heterocycles. The highest BCUT2D eigenvalue weighted by Crippen LogP contribution is 2.27. The summed E-state index contributed by atoms with van der Waals surface area (Å²) in [4.78, 5) is 2.57. The summed E-state index contributed by atoms with van der Waals surface area (Å²) in [6.07, 6.45) is 1.21. The van der Waals surface area contributed by atoms with E-state index in [1.54, 1.807) is 0 Å². The number of halogens is 1. The van der Waals surface area contributed by atoms with Crippen LogP contribution >= 0.6 is 0 Å². The van der Waals surface area contributed by atoms with Gasteiger partial charge in [-0.25, -0.2) is 4.39 Å². The van der Waals surface area contributed by atoms with Crippen LogP contribution in [0.5, 0.6) is 0 Å². The fourth-order valence-electron chi connectivity index (χ4n) is 3.42. The lowest BCUT2D eigenvalue weighted by Crippen LogP contribution is -2.41. The first-order valence-electron chi connectivity index (χ1n) is 8.45. The molecule has 0 bridgehead atoms. The van der Waals surface area contributed by atoms with E-state index in [9.17, 15) is 4.39 Å². The second-order valence-corrected chi connectivity index (χ2v) is 6.58. The smallest absolute Gasteiger partial charge is 0.123 e. The van der Waals surface area contributed by atoms with Gasteiger partial charge in [-0.1, -0.05) is 36.4 Å². The predicted octanol–water partition coefficient (Wildman–Crippen LogP) is 4.07. The van der Waals surface area contributed by atoms with Gasteiger partial charge in [0.05, 0.1) is 0 Å². The first-order chi connectivity index (χ1) is 11.1. The molecule has 2 nitrogen and oxygen atoms in total. The van der Waals surface area contributed by atoms with E-state index in [1.807, 2.05) is 12.1 Å². The minimum atomic E-state index is -0.188. The summed E-state index contributed by atoms with van der Waals surface area (Å²) in [7, 11) is 0. The highest BCUT2D eigenvalue weighted by Gasteiger charge is 2.25. The van der Waals surface area contributed by atoms with Gasteiger partial charge >= 0.3 is 0 Å². The average molecular weight is 312 g/mol. The molecule has 1 saturated heterocycles. The van der Waals surface area contributed by atoms with E-state index in [0.29, 0.717) is 12.1 Å². The molecule has 1 fully saturated rings. The van der Waals surface area contributed by atoms with Crippen LogP contribution in [-0.4, -0.2) is 30.1 Å². The van der Waals surface area contributed by atoms with Gasteiger partial charge in [0.15, 0.2) is 0 Å². The zero-order chi connectivity index (χ0) is 16.2. The Bertz CT molecular complexity index is 630. The summed E-state index contributed by atoms with van der Waals surface area (Å²) < 4.78 is 13.2. The van der Waals surface area contributed by atoms with Crippen LogP contribution in [0.15, 0.2) is 48.5 Å². The maximum Gasteiger partial charge on any atom is 0.123 e. The van der Waals surface area contributed by atoms with Crippen molar-refractivity contribution in [3.05, 3.63) is 59.9 Å². The van der Waals surface area contributed by atoms with Gasteiger partial charge in [-0.05, 0) is 55.6 Å². The average Bonchev–Trinajstić information content (AvgIpc) is 3.07. The normalized spacial score (nSPS) is 18.0. The molecule has 1 aliphatic rings. The first-order valence-corrected chi connectivity index (χ1v) is 8.45. The molecule has 0 aromatic heterocycles. The molecule has 23 heavy (non-hydrogen) atoms. The number of nitrogens with zero attached hydrogens (tertiary/aromatic N) is 1. The summed E-state index contributed by atoms with van der Waals surface area (Å²) in [5, 5.41) is 3.46. The fourth-order valence-corrected chi connectivity index (χ4v) is 3.42. The van der Waals surface area contributed by atoms with Crippen molar-refractivity contribution in [1.29, 1.82) is 0 Å². The second kappa shape index (κ2) is 7.24. The summed E-state index contributed by atoms with van der Waals surface area (Å²) in [5.41, 5.74) is 3.58. The van der Waals surface area contributed by atoms with Crippen molar-refractivity contribution in [3.63, 3.8) is 0 Å². The highest BCUT2D eigenvalue weighted by atomic mass is 19.1. The molecule has 0 radical (unpaired) electrons. The topological polar surface area (TPSA) is 15.3 Å². The molecule has 1 heterocycles. The molecule has 0 saturated carbocycles. The molecule has 122 valence electrons. The number of hydrogen-bond donors (Lipinski definition) is 1. The van der Waals surface area contributed by atoms with Gasteiger partial charge in [-0.3, -0.25) is 4.90 Å². The van der Waals surface area contributed by atoms with Crippen LogP contribution in [0, 0.1) is 5.82 Å². The van der Waals surface area contributed by atoms with Gasteiger partial charge < -0.3 is 5.32 Å². The Hall–Kier alpha value is -1.71. The van der Waals surface area contributed by atoms with Gasteiger partial charge in [0.2, 0.25) is 0 Å². The lowest BCUT2D eigenvalue weighted by Gasteiger charge is -2.33. The zero-order valence-electron chi connectivity index (χ0n) is 13.9. The molecule has 3 rings (SSSR count). The lowest BCUT2D eigenvalue weighted by molar-refractivity contribution is 0.154. The Morgan fingerprint density at radius 2 is 1.87 bits per heavy atom. The summed E-state index contributed by atoms with van der Waals surface area (Å²) in [6, 6.07) is 16.4. The number of benzene rings is 2. The number of rotatable bonds is 5. The van der Waals surface area contributed by atoms with E-state index in [0.717, 1.165) is 25.2 Å². The summed E-state index contributed by atoms with van der Waals surface area (Å²) >= 11 is 0. The predicted molar refractivity (Wildman–Crippen MR) is 93.8 cm³/mol. The molecule has 0 spiro atoms. The maximum absolute atomic E-state index is 13.2. The third-order valence-electron chi connectivity index (χ3n) is 4.69. The third-order valence-corrected chi connectivity index (χ3v) is 4.69. The Kier molecular flexibility index (Phi) is 5.09. The Morgan fingerprint density at radius 1 is 1.13 bits per heavy atom. The van der Waals surface area contributed by atoms with Crippen LogP contribution in [0.4, 0.5) is 4.39 Å². The van der Waals surface area contributed by atoms with Gasteiger partial charge in [-0.15, -0.1) is 0 Å². The minimum Gasteiger partial charge on any atom is -0.315 e. The molecule has 0 unspecified atom stereocenters. The Morgan fingerprint density at radius 3 is 2.52 bits per heavy atom. The van der Waals surface area contributed by atoms with Gasteiger partial charge in [0, 0.05) is 25.2 Å². The Labute approximate surface area is 138 Å². The van der Waals surface area contributed by atoms with Crippen molar-refractivity contribution in [2.24, 2.45) is 0 Å². The van der Waals surface area contributed by atoms with Crippen molar-refractivity contribution in [1.82, 2.24) is 10.2 Å². The van der Waals surface area contributed by atoms with Crippen molar-refractivity contribution in [3.8, 4) is 11.1 Å². The fraction of sp³-hybridized carbons (Fsp3) is 0.400. The van der Waals surface area contributed by atoms with Crippen LogP contribution in [0.2, 0.25) is 0 Å². The van der Waals surface area contributed by atoms with Crippen LogP contribution in [0.25, 0.3) is 11.1 Å². The molecule has 0 aliphatic carbocycles. The largest absolute Gasteiger partial charge is 0.315 e. The summed E-state index contributed by atoms with van der Waals surface area (Å²) in [6.45, 7) is 7.62. The molecular weight excluding hydrogens is 287 g/mol. The second-order valence-electron chi connectivity index (χ2n) is 6.58. The van der Waals surface area contributed by atoms with E-state index in [2.05, 4.69) is 48.3 Å². The van der Waals surface area contributed by atoms with Crippen LogP contribution in [-0.2, 0) is 6.54 Å². The van der Waals surface area contributed by atoms with Gasteiger partial charge in [0.25, 0.3) is 0 Å². The van der Waals surface area contributed by atoms with Crippen molar-refractivity contribution in [2.45, 2.75) is 38.9 Å². The maximum atomic E-state index is 13.2. The zero-order valence-corrected chi connectivity index (χ0v) is 13.9. The van der Waals surface area contributed by atoms with Gasteiger partial charge in [0.1, 0.15) is 5.82 Å². The van der Waals surface area contributed by atoms with E-state index in [4.69, 9.17) is 0 Å². The van der Waals surface area contributed by atoms with Crippen molar-refractivity contribution >= 4 is 0 Å². The number of nitrogens with one attached hydrogen (secondary N) is 1. The quantitative estimate of drug-likeness (QED) is 0.895. The summed E-state index contributed by atoms with van der Waals surface area (Å²) in [5.74, 6) is -0.188. The van der Waals surface area contributed by atoms with E-state index < -0.39 is 0 Å². The molecule has 2 aromatic rings. The van der Waals surface area contributed by atoms with E-state index in [-0.39, 0.29) is 5.82 Å². The standard InChI is InChI=1S/C20H25FN2/c1-15(2)23(19-11-12-22-13-19)14-17-5-3-4-6-20(17)16-7-9-18(21)10-8-16/h3-10,15,19,22H,11-14H2,1-2H3/t19-/m0/s1. The minimum absolute atomic E-state index is 0.188.